The Kier molecular flexibility index (Phi) is 2.62. The Bertz CT molecular complexity index is 409. The van der Waals surface area contributed by atoms with Crippen LogP contribution in [0.5, 0.6) is 0 Å². The van der Waals surface area contributed by atoms with Gasteiger partial charge in [0.25, 0.3) is 0 Å². The minimum Gasteiger partial charge on any atom is -0.369 e. The van der Waals surface area contributed by atoms with E-state index in [0.717, 1.165) is 6.54 Å². The van der Waals surface area contributed by atoms with Gasteiger partial charge in [0.05, 0.1) is 0 Å². The normalized spacial score (nSPS) is 26.9. The number of rotatable bonds is 1. The fourth-order valence-electron chi connectivity index (χ4n) is 2.92. The molecule has 1 heterocycles. The molecule has 0 amide bonds. The Balaban J connectivity index is 1.88. The van der Waals surface area contributed by atoms with Crippen LogP contribution in [0.1, 0.15) is 25.3 Å². The van der Waals surface area contributed by atoms with Crippen LogP contribution in [0.15, 0.2) is 24.3 Å². The largest absolute Gasteiger partial charge is 0.369 e. The fraction of sp³-hybridized carbons (Fsp3) is 0.600. The van der Waals surface area contributed by atoms with Crippen LogP contribution in [-0.4, -0.2) is 25.7 Å². The number of benzene rings is 1. The lowest BCUT2D eigenvalue weighted by Gasteiger charge is -2.28. The molecule has 92 valence electrons. The van der Waals surface area contributed by atoms with Gasteiger partial charge < -0.3 is 10.2 Å². The highest BCUT2D eigenvalue weighted by molar-refractivity contribution is 5.53. The molecule has 0 bridgehead atoms. The Hall–Kier alpha value is -1.02. The summed E-state index contributed by atoms with van der Waals surface area (Å²) in [6.07, 6.45) is 2.80. The van der Waals surface area contributed by atoms with Crippen molar-refractivity contribution in [2.24, 2.45) is 5.41 Å². The summed E-state index contributed by atoms with van der Waals surface area (Å²) in [5, 5.41) is 3.67. The molecule has 1 aliphatic heterocycles. The number of nitrogens with zero attached hydrogens (tertiary/aromatic N) is 1. The van der Waals surface area contributed by atoms with Gasteiger partial charge in [-0.25, -0.2) is 0 Å². The Labute approximate surface area is 104 Å². The molecular weight excluding hydrogens is 208 g/mol. The first-order chi connectivity index (χ1) is 8.19. The van der Waals surface area contributed by atoms with Crippen LogP contribution in [0.2, 0.25) is 0 Å². The smallest absolute Gasteiger partial charge is 0.0396 e. The van der Waals surface area contributed by atoms with Gasteiger partial charge in [0.1, 0.15) is 0 Å². The second-order valence-electron chi connectivity index (χ2n) is 5.95. The van der Waals surface area contributed by atoms with Crippen molar-refractivity contribution < 1.29 is 0 Å². The van der Waals surface area contributed by atoms with E-state index in [-0.39, 0.29) is 0 Å². The molecule has 1 aliphatic carbocycles. The van der Waals surface area contributed by atoms with E-state index in [4.69, 9.17) is 0 Å². The number of anilines is 1. The van der Waals surface area contributed by atoms with Crippen LogP contribution in [0.4, 0.5) is 5.69 Å². The van der Waals surface area contributed by atoms with Gasteiger partial charge in [-0.2, -0.15) is 0 Å². The van der Waals surface area contributed by atoms with Crippen molar-refractivity contribution in [2.75, 3.05) is 24.5 Å². The minimum atomic E-state index is 0.576. The zero-order chi connectivity index (χ0) is 11.9. The summed E-state index contributed by atoms with van der Waals surface area (Å²) in [6.45, 7) is 8.09. The lowest BCUT2D eigenvalue weighted by atomic mass is 10.1. The highest BCUT2D eigenvalue weighted by Gasteiger charge is 2.45. The van der Waals surface area contributed by atoms with Crippen molar-refractivity contribution in [2.45, 2.75) is 32.7 Å². The molecule has 1 saturated carbocycles. The van der Waals surface area contributed by atoms with Gasteiger partial charge in [0.2, 0.25) is 0 Å². The third kappa shape index (κ3) is 2.19. The first-order valence-corrected chi connectivity index (χ1v) is 6.73. The lowest BCUT2D eigenvalue weighted by Crippen LogP contribution is -2.35. The van der Waals surface area contributed by atoms with Gasteiger partial charge >= 0.3 is 0 Å². The molecule has 3 rings (SSSR count). The summed E-state index contributed by atoms with van der Waals surface area (Å²) in [6, 6.07) is 9.37. The van der Waals surface area contributed by atoms with Crippen molar-refractivity contribution in [3.8, 4) is 0 Å². The van der Waals surface area contributed by atoms with E-state index in [1.165, 1.54) is 37.2 Å². The Morgan fingerprint density at radius 1 is 1.29 bits per heavy atom. The van der Waals surface area contributed by atoms with E-state index in [0.29, 0.717) is 11.5 Å². The summed E-state index contributed by atoms with van der Waals surface area (Å²) in [5.74, 6) is 0. The SMILES string of the molecule is Cc1ccccc1N1CC(C)NCC2(CC2)C1. The van der Waals surface area contributed by atoms with E-state index < -0.39 is 0 Å². The summed E-state index contributed by atoms with van der Waals surface area (Å²) in [7, 11) is 0. The van der Waals surface area contributed by atoms with Crippen molar-refractivity contribution in [1.82, 2.24) is 5.32 Å². The maximum atomic E-state index is 3.67. The summed E-state index contributed by atoms with van der Waals surface area (Å²) >= 11 is 0. The van der Waals surface area contributed by atoms with Crippen molar-refractivity contribution in [1.29, 1.82) is 0 Å². The predicted molar refractivity (Wildman–Crippen MR) is 72.5 cm³/mol. The second-order valence-corrected chi connectivity index (χ2v) is 5.95. The number of nitrogens with one attached hydrogen (secondary N) is 1. The van der Waals surface area contributed by atoms with E-state index in [2.05, 4.69) is 48.3 Å². The fourth-order valence-corrected chi connectivity index (χ4v) is 2.92. The molecule has 2 nitrogen and oxygen atoms in total. The van der Waals surface area contributed by atoms with Gasteiger partial charge in [-0.05, 0) is 38.3 Å². The molecule has 1 atom stereocenters. The van der Waals surface area contributed by atoms with E-state index >= 15 is 0 Å². The molecule has 2 aliphatic rings. The van der Waals surface area contributed by atoms with Crippen molar-refractivity contribution in [3.05, 3.63) is 29.8 Å². The first-order valence-electron chi connectivity index (χ1n) is 6.73. The summed E-state index contributed by atoms with van der Waals surface area (Å²) < 4.78 is 0. The lowest BCUT2D eigenvalue weighted by molar-refractivity contribution is 0.479. The van der Waals surface area contributed by atoms with Crippen LogP contribution in [-0.2, 0) is 0 Å². The van der Waals surface area contributed by atoms with Gasteiger partial charge in [-0.3, -0.25) is 0 Å². The van der Waals surface area contributed by atoms with Crippen LogP contribution in [0.25, 0.3) is 0 Å². The molecule has 1 saturated heterocycles. The Morgan fingerprint density at radius 3 is 2.76 bits per heavy atom. The highest BCUT2D eigenvalue weighted by atomic mass is 15.2. The van der Waals surface area contributed by atoms with Crippen LogP contribution < -0.4 is 10.2 Å². The molecule has 0 radical (unpaired) electrons. The molecule has 1 unspecified atom stereocenters. The quantitative estimate of drug-likeness (QED) is 0.797. The van der Waals surface area contributed by atoms with Crippen molar-refractivity contribution >= 4 is 5.69 Å². The van der Waals surface area contributed by atoms with Gasteiger partial charge in [-0.15, -0.1) is 0 Å². The average Bonchev–Trinajstić information content (AvgIpc) is 3.09. The van der Waals surface area contributed by atoms with E-state index in [9.17, 15) is 0 Å². The zero-order valence-electron chi connectivity index (χ0n) is 10.9. The Morgan fingerprint density at radius 2 is 2.06 bits per heavy atom. The number of aryl methyl sites for hydroxylation is 1. The van der Waals surface area contributed by atoms with E-state index in [1.807, 2.05) is 0 Å². The third-order valence-electron chi connectivity index (χ3n) is 4.26. The number of hydrogen-bond acceptors (Lipinski definition) is 2. The maximum Gasteiger partial charge on any atom is 0.0396 e. The molecular formula is C15H22N2. The predicted octanol–water partition coefficient (Wildman–Crippen LogP) is 2.57. The minimum absolute atomic E-state index is 0.576. The summed E-state index contributed by atoms with van der Waals surface area (Å²) in [5.41, 5.74) is 3.40. The van der Waals surface area contributed by atoms with Crippen LogP contribution >= 0.6 is 0 Å². The van der Waals surface area contributed by atoms with Gasteiger partial charge in [0.15, 0.2) is 0 Å². The molecule has 17 heavy (non-hydrogen) atoms. The maximum absolute atomic E-state index is 3.67. The molecule has 1 aromatic carbocycles. The standard InChI is InChI=1S/C15H22N2/c1-12-5-3-4-6-14(12)17-9-13(2)16-10-15(11-17)7-8-15/h3-6,13,16H,7-11H2,1-2H3. The third-order valence-corrected chi connectivity index (χ3v) is 4.26. The van der Waals surface area contributed by atoms with Gasteiger partial charge in [-0.1, -0.05) is 18.2 Å². The highest BCUT2D eigenvalue weighted by Crippen LogP contribution is 2.47. The van der Waals surface area contributed by atoms with Crippen molar-refractivity contribution in [3.63, 3.8) is 0 Å². The van der Waals surface area contributed by atoms with E-state index in [1.54, 1.807) is 0 Å². The molecule has 1 N–H and O–H groups in total. The molecule has 0 aromatic heterocycles. The molecule has 1 aromatic rings. The number of para-hydroxylation sites is 1. The van der Waals surface area contributed by atoms with Gasteiger partial charge in [0, 0.05) is 36.8 Å². The topological polar surface area (TPSA) is 15.3 Å². The van der Waals surface area contributed by atoms with Crippen LogP contribution in [0.3, 0.4) is 0 Å². The monoisotopic (exact) mass is 230 g/mol. The van der Waals surface area contributed by atoms with Crippen LogP contribution in [0, 0.1) is 12.3 Å². The molecule has 2 heteroatoms. The second kappa shape index (κ2) is 4.02. The molecule has 2 fully saturated rings. The average molecular weight is 230 g/mol. The molecule has 1 spiro atoms. The summed E-state index contributed by atoms with van der Waals surface area (Å²) in [4.78, 5) is 2.59. The zero-order valence-corrected chi connectivity index (χ0v) is 10.9. The first kappa shape index (κ1) is 11.1. The number of hydrogen-bond donors (Lipinski definition) is 1.